The van der Waals surface area contributed by atoms with Crippen LogP contribution in [0.4, 0.5) is 8.78 Å². The first kappa shape index (κ1) is 13.3. The number of aliphatic carboxylic acids is 1. The number of ether oxygens (including phenoxy) is 1. The Morgan fingerprint density at radius 1 is 1.69 bits per heavy atom. The summed E-state index contributed by atoms with van der Waals surface area (Å²) in [4.78, 5) is 12.1. The summed E-state index contributed by atoms with van der Waals surface area (Å²) in [5, 5.41) is 8.83. The summed E-state index contributed by atoms with van der Waals surface area (Å²) in [5.74, 6) is -3.90. The standard InChI is InChI=1S/C10H17F2NO3/c1-3-16-5-8-4-10(11,12)6-13(8)7(2)9(14)15/h7-8H,3-6H2,1-2H3,(H,14,15). The molecule has 1 N–H and O–H groups in total. The fraction of sp³-hybridized carbons (Fsp3) is 0.900. The maximum Gasteiger partial charge on any atom is 0.320 e. The van der Waals surface area contributed by atoms with Crippen molar-refractivity contribution in [2.75, 3.05) is 19.8 Å². The van der Waals surface area contributed by atoms with Crippen LogP contribution in [0.1, 0.15) is 20.3 Å². The molecule has 0 amide bonds. The van der Waals surface area contributed by atoms with E-state index in [0.717, 1.165) is 0 Å². The van der Waals surface area contributed by atoms with Gasteiger partial charge in [-0.2, -0.15) is 0 Å². The van der Waals surface area contributed by atoms with E-state index in [-0.39, 0.29) is 13.0 Å². The monoisotopic (exact) mass is 237 g/mol. The van der Waals surface area contributed by atoms with E-state index in [2.05, 4.69) is 0 Å². The largest absolute Gasteiger partial charge is 0.480 e. The van der Waals surface area contributed by atoms with Gasteiger partial charge < -0.3 is 9.84 Å². The highest BCUT2D eigenvalue weighted by atomic mass is 19.3. The number of rotatable bonds is 5. The number of hydrogen-bond donors (Lipinski definition) is 1. The Hall–Kier alpha value is -0.750. The first-order valence-electron chi connectivity index (χ1n) is 5.31. The maximum absolute atomic E-state index is 13.2. The van der Waals surface area contributed by atoms with Crippen LogP contribution in [0.3, 0.4) is 0 Å². The summed E-state index contributed by atoms with van der Waals surface area (Å²) in [7, 11) is 0. The van der Waals surface area contributed by atoms with Crippen LogP contribution in [-0.4, -0.2) is 53.7 Å². The summed E-state index contributed by atoms with van der Waals surface area (Å²) in [6.07, 6.45) is -0.329. The second kappa shape index (κ2) is 5.05. The van der Waals surface area contributed by atoms with Crippen molar-refractivity contribution in [3.63, 3.8) is 0 Å². The molecule has 0 aliphatic carbocycles. The molecule has 0 bridgehead atoms. The Labute approximate surface area is 93.2 Å². The van der Waals surface area contributed by atoms with Gasteiger partial charge in [0.15, 0.2) is 0 Å². The van der Waals surface area contributed by atoms with E-state index >= 15 is 0 Å². The van der Waals surface area contributed by atoms with Gasteiger partial charge in [-0.15, -0.1) is 0 Å². The van der Waals surface area contributed by atoms with Gasteiger partial charge in [-0.25, -0.2) is 8.78 Å². The predicted octanol–water partition coefficient (Wildman–Crippen LogP) is 1.21. The Morgan fingerprint density at radius 2 is 2.31 bits per heavy atom. The topological polar surface area (TPSA) is 49.8 Å². The minimum Gasteiger partial charge on any atom is -0.480 e. The molecule has 1 rings (SSSR count). The van der Waals surface area contributed by atoms with Crippen molar-refractivity contribution in [2.24, 2.45) is 0 Å². The van der Waals surface area contributed by atoms with Crippen molar-refractivity contribution in [2.45, 2.75) is 38.3 Å². The molecule has 0 spiro atoms. The highest BCUT2D eigenvalue weighted by Gasteiger charge is 2.47. The minimum absolute atomic E-state index is 0.156. The summed E-state index contributed by atoms with van der Waals surface area (Å²) < 4.78 is 31.5. The van der Waals surface area contributed by atoms with Crippen molar-refractivity contribution in [3.8, 4) is 0 Å². The Balaban J connectivity index is 2.67. The van der Waals surface area contributed by atoms with Crippen LogP contribution in [0, 0.1) is 0 Å². The van der Waals surface area contributed by atoms with Gasteiger partial charge >= 0.3 is 5.97 Å². The molecular formula is C10H17F2NO3. The van der Waals surface area contributed by atoms with Crippen LogP contribution in [0.2, 0.25) is 0 Å². The first-order chi connectivity index (χ1) is 7.37. The molecule has 6 heteroatoms. The molecule has 1 aliphatic rings. The molecule has 4 nitrogen and oxygen atoms in total. The fourth-order valence-corrected chi connectivity index (χ4v) is 1.93. The number of alkyl halides is 2. The molecule has 2 unspecified atom stereocenters. The number of carboxylic acids is 1. The zero-order valence-corrected chi connectivity index (χ0v) is 9.45. The minimum atomic E-state index is -2.81. The van der Waals surface area contributed by atoms with Crippen molar-refractivity contribution in [1.82, 2.24) is 4.90 Å². The van der Waals surface area contributed by atoms with Gasteiger partial charge in [0, 0.05) is 19.1 Å². The normalized spacial score (nSPS) is 26.9. The molecule has 2 atom stereocenters. The van der Waals surface area contributed by atoms with E-state index in [1.807, 2.05) is 0 Å². The molecule has 0 radical (unpaired) electrons. The second-order valence-corrected chi connectivity index (χ2v) is 4.06. The van der Waals surface area contributed by atoms with E-state index in [0.29, 0.717) is 6.61 Å². The molecule has 0 aromatic carbocycles. The third-order valence-corrected chi connectivity index (χ3v) is 2.79. The SMILES string of the molecule is CCOCC1CC(F)(F)CN1C(C)C(=O)O. The predicted molar refractivity (Wildman–Crippen MR) is 53.6 cm³/mol. The van der Waals surface area contributed by atoms with Crippen LogP contribution < -0.4 is 0 Å². The average molecular weight is 237 g/mol. The van der Waals surface area contributed by atoms with Crippen molar-refractivity contribution in [1.29, 1.82) is 0 Å². The Morgan fingerprint density at radius 3 is 2.81 bits per heavy atom. The molecule has 0 aromatic rings. The Bertz CT molecular complexity index is 260. The van der Waals surface area contributed by atoms with E-state index in [9.17, 15) is 13.6 Å². The summed E-state index contributed by atoms with van der Waals surface area (Å²) in [5.41, 5.74) is 0. The van der Waals surface area contributed by atoms with Gasteiger partial charge in [0.2, 0.25) is 0 Å². The van der Waals surface area contributed by atoms with Gasteiger partial charge in [0.25, 0.3) is 5.92 Å². The zero-order valence-electron chi connectivity index (χ0n) is 9.45. The zero-order chi connectivity index (χ0) is 12.3. The lowest BCUT2D eigenvalue weighted by atomic mass is 10.2. The van der Waals surface area contributed by atoms with E-state index in [1.54, 1.807) is 6.92 Å². The highest BCUT2D eigenvalue weighted by molar-refractivity contribution is 5.73. The second-order valence-electron chi connectivity index (χ2n) is 4.06. The number of nitrogens with zero attached hydrogens (tertiary/aromatic N) is 1. The smallest absolute Gasteiger partial charge is 0.320 e. The van der Waals surface area contributed by atoms with Gasteiger partial charge in [-0.1, -0.05) is 0 Å². The molecule has 0 saturated carbocycles. The van der Waals surface area contributed by atoms with Crippen LogP contribution >= 0.6 is 0 Å². The maximum atomic E-state index is 13.2. The Kier molecular flexibility index (Phi) is 4.21. The number of carboxylic acid groups (broad SMARTS) is 1. The quantitative estimate of drug-likeness (QED) is 0.780. The van der Waals surface area contributed by atoms with E-state index < -0.39 is 30.5 Å². The molecule has 1 heterocycles. The third kappa shape index (κ3) is 3.12. The molecule has 16 heavy (non-hydrogen) atoms. The molecule has 94 valence electrons. The number of carbonyl (C=O) groups is 1. The average Bonchev–Trinajstić information content (AvgIpc) is 2.49. The third-order valence-electron chi connectivity index (χ3n) is 2.79. The van der Waals surface area contributed by atoms with Crippen LogP contribution in [-0.2, 0) is 9.53 Å². The van der Waals surface area contributed by atoms with E-state index in [1.165, 1.54) is 11.8 Å². The van der Waals surface area contributed by atoms with Crippen LogP contribution in [0.25, 0.3) is 0 Å². The summed E-state index contributed by atoms with van der Waals surface area (Å²) >= 11 is 0. The van der Waals surface area contributed by atoms with Gasteiger partial charge in [0.1, 0.15) is 6.04 Å². The number of likely N-dealkylation sites (tertiary alicyclic amines) is 1. The van der Waals surface area contributed by atoms with Gasteiger partial charge in [0.05, 0.1) is 13.2 Å². The summed E-state index contributed by atoms with van der Waals surface area (Å²) in [6.45, 7) is 3.29. The number of hydrogen-bond acceptors (Lipinski definition) is 3. The van der Waals surface area contributed by atoms with Crippen molar-refractivity contribution >= 4 is 5.97 Å². The van der Waals surface area contributed by atoms with E-state index in [4.69, 9.17) is 9.84 Å². The molecule has 1 fully saturated rings. The number of halogens is 2. The lowest BCUT2D eigenvalue weighted by molar-refractivity contribution is -0.143. The lowest BCUT2D eigenvalue weighted by Crippen LogP contribution is -2.44. The van der Waals surface area contributed by atoms with Gasteiger partial charge in [-0.3, -0.25) is 9.69 Å². The molecule has 1 aliphatic heterocycles. The molecule has 0 aromatic heterocycles. The molecular weight excluding hydrogens is 220 g/mol. The summed E-state index contributed by atoms with van der Waals surface area (Å²) in [6, 6.07) is -1.42. The highest BCUT2D eigenvalue weighted by Crippen LogP contribution is 2.33. The van der Waals surface area contributed by atoms with Crippen LogP contribution in [0.5, 0.6) is 0 Å². The van der Waals surface area contributed by atoms with Crippen molar-refractivity contribution in [3.05, 3.63) is 0 Å². The van der Waals surface area contributed by atoms with Gasteiger partial charge in [-0.05, 0) is 13.8 Å². The lowest BCUT2D eigenvalue weighted by Gasteiger charge is -2.26. The first-order valence-corrected chi connectivity index (χ1v) is 5.31. The molecule has 1 saturated heterocycles. The van der Waals surface area contributed by atoms with Crippen LogP contribution in [0.15, 0.2) is 0 Å². The van der Waals surface area contributed by atoms with Crippen molar-refractivity contribution < 1.29 is 23.4 Å². The fourth-order valence-electron chi connectivity index (χ4n) is 1.93.